The molecule has 0 aliphatic heterocycles. The van der Waals surface area contributed by atoms with Crippen LogP contribution in [-0.4, -0.2) is 93.1 Å². The van der Waals surface area contributed by atoms with Crippen LogP contribution in [0.1, 0.15) is 24.5 Å². The lowest BCUT2D eigenvalue weighted by atomic mass is 10.0. The largest absolute Gasteiger partial charge is 0.447 e. The summed E-state index contributed by atoms with van der Waals surface area (Å²) in [5, 5.41) is 28.1. The number of aliphatic imine (C=N–C) groups is 2. The number of carbonyl (C=O) groups excluding carboxylic acids is 4. The van der Waals surface area contributed by atoms with Gasteiger partial charge in [0.1, 0.15) is 6.61 Å². The highest BCUT2D eigenvalue weighted by Gasteiger charge is 2.09. The fourth-order valence-electron chi connectivity index (χ4n) is 2.99. The van der Waals surface area contributed by atoms with Crippen LogP contribution in [0.3, 0.4) is 0 Å². The molecule has 0 heterocycles. The molecule has 2 amide bonds. The molecule has 0 fully saturated rings. The van der Waals surface area contributed by atoms with Crippen LogP contribution in [0.2, 0.25) is 0 Å². The number of nitrogens with one attached hydrogen (secondary N) is 2. The molecule has 0 saturated carbocycles. The fraction of sp³-hybridized carbons (Fsp3) is 0.429. The summed E-state index contributed by atoms with van der Waals surface area (Å²) in [6.07, 6.45) is 2.43. The quantitative estimate of drug-likeness (QED) is 0.0525. The van der Waals surface area contributed by atoms with E-state index in [1.807, 2.05) is 24.3 Å². The van der Waals surface area contributed by atoms with Gasteiger partial charge in [-0.15, -0.1) is 0 Å². The third-order valence-electron chi connectivity index (χ3n) is 5.28. The number of hydrogen-bond acceptors (Lipinski definition) is 12. The summed E-state index contributed by atoms with van der Waals surface area (Å²) >= 11 is 0. The monoisotopic (exact) mass is 640 g/mol. The molecular formula is C28H36N10O8. The number of aliphatic hydroxyl groups is 2. The Bertz CT molecular complexity index is 1310. The van der Waals surface area contributed by atoms with Crippen LogP contribution in [0, 0.1) is 0 Å². The van der Waals surface area contributed by atoms with Crippen molar-refractivity contribution in [3.63, 3.8) is 0 Å². The number of benzene rings is 2. The molecule has 2 unspecified atom stereocenters. The van der Waals surface area contributed by atoms with Gasteiger partial charge in [-0.1, -0.05) is 34.5 Å². The summed E-state index contributed by atoms with van der Waals surface area (Å²) in [6, 6.07) is 14.7. The summed E-state index contributed by atoms with van der Waals surface area (Å²) in [4.78, 5) is 54.1. The summed E-state index contributed by atoms with van der Waals surface area (Å²) in [5.74, 6) is -0.108. The first-order valence-electron chi connectivity index (χ1n) is 13.5. The van der Waals surface area contributed by atoms with E-state index < -0.39 is 18.3 Å². The Morgan fingerprint density at radius 1 is 0.891 bits per heavy atom. The fourth-order valence-corrected chi connectivity index (χ4v) is 2.99. The molecular weight excluding hydrogens is 604 g/mol. The summed E-state index contributed by atoms with van der Waals surface area (Å²) < 4.78 is 9.83. The Kier molecular flexibility index (Phi) is 23.8. The van der Waals surface area contributed by atoms with E-state index in [1.165, 1.54) is 26.2 Å². The minimum Gasteiger partial charge on any atom is -0.447 e. The summed E-state index contributed by atoms with van der Waals surface area (Å²) in [6.45, 7) is 2.00. The highest BCUT2D eigenvalue weighted by atomic mass is 16.6. The van der Waals surface area contributed by atoms with Crippen molar-refractivity contribution in [3.05, 3.63) is 80.5 Å². The van der Waals surface area contributed by atoms with Gasteiger partial charge in [-0.25, -0.2) is 14.4 Å². The Labute approximate surface area is 264 Å². The van der Waals surface area contributed by atoms with Crippen molar-refractivity contribution in [2.45, 2.75) is 32.0 Å². The molecule has 46 heavy (non-hydrogen) atoms. The van der Waals surface area contributed by atoms with E-state index in [9.17, 15) is 19.2 Å². The summed E-state index contributed by atoms with van der Waals surface area (Å²) in [7, 11) is 1.44. The van der Waals surface area contributed by atoms with Gasteiger partial charge in [-0.3, -0.25) is 4.79 Å². The third kappa shape index (κ3) is 22.0. The maximum absolute atomic E-state index is 11.3. The van der Waals surface area contributed by atoms with Crippen molar-refractivity contribution >= 4 is 35.5 Å². The zero-order chi connectivity index (χ0) is 34.4. The van der Waals surface area contributed by atoms with Crippen LogP contribution < -0.4 is 10.6 Å². The van der Waals surface area contributed by atoms with Gasteiger partial charge in [0.05, 0.1) is 43.3 Å². The molecule has 4 N–H and O–H groups in total. The molecule has 2 atom stereocenters. The van der Waals surface area contributed by atoms with Crippen LogP contribution in [0.4, 0.5) is 16.2 Å². The van der Waals surface area contributed by atoms with Crippen molar-refractivity contribution in [2.75, 3.05) is 46.5 Å². The number of azide groups is 2. The summed E-state index contributed by atoms with van der Waals surface area (Å²) in [5.41, 5.74) is 19.2. The predicted octanol–water partition coefficient (Wildman–Crippen LogP) is 3.43. The lowest BCUT2D eigenvalue weighted by Crippen LogP contribution is -2.32. The minimum atomic E-state index is -0.911. The van der Waals surface area contributed by atoms with E-state index in [2.05, 4.69) is 40.7 Å². The number of aliphatic hydroxyl groups excluding tert-OH is 2. The van der Waals surface area contributed by atoms with Gasteiger partial charge in [0.2, 0.25) is 18.1 Å². The molecule has 0 aromatic heterocycles. The van der Waals surface area contributed by atoms with E-state index in [1.54, 1.807) is 24.3 Å². The average molecular weight is 641 g/mol. The number of rotatable bonds is 16. The van der Waals surface area contributed by atoms with Gasteiger partial charge < -0.3 is 30.3 Å². The molecule has 246 valence electrons. The number of amides is 2. The normalized spacial score (nSPS) is 10.5. The van der Waals surface area contributed by atoms with Crippen molar-refractivity contribution in [3.8, 4) is 0 Å². The maximum Gasteiger partial charge on any atom is 0.407 e. The molecule has 0 aliphatic carbocycles. The Morgan fingerprint density at radius 2 is 1.39 bits per heavy atom. The lowest BCUT2D eigenvalue weighted by Gasteiger charge is -2.13. The number of hydrogen-bond donors (Lipinski definition) is 4. The van der Waals surface area contributed by atoms with Crippen molar-refractivity contribution in [2.24, 2.45) is 20.2 Å². The first kappa shape index (κ1) is 40.4. The van der Waals surface area contributed by atoms with E-state index in [0.29, 0.717) is 30.9 Å². The van der Waals surface area contributed by atoms with Gasteiger partial charge in [-0.05, 0) is 59.3 Å². The standard InChI is InChI=1S/C15H10N2O2.C10H19N5O4.C3H7N3O2/c18-10-16-14-5-1-12(2-6-14)9-13-3-7-15(8-4-13)17-11-19;1-8(16)12-4-3-5-13-10(17)19-7-9(18-2)6-14-15-11;4-6-5-1-3(8)2-7/h1-8H,9H2;9H,3-7H2,1-2H3,(H,12,16)(H,13,17);3,7-8H,1-2H2. The maximum atomic E-state index is 11.3. The number of ether oxygens (including phenoxy) is 2. The molecule has 2 aromatic rings. The highest BCUT2D eigenvalue weighted by molar-refractivity contribution is 5.72. The number of alkyl carbamates (subject to hydrolysis) is 1. The third-order valence-corrected chi connectivity index (χ3v) is 5.28. The number of carbonyl (C=O) groups is 2. The number of methoxy groups -OCH3 is 1. The molecule has 2 aromatic carbocycles. The molecule has 0 saturated heterocycles. The van der Waals surface area contributed by atoms with Crippen LogP contribution in [0.15, 0.2) is 68.7 Å². The highest BCUT2D eigenvalue weighted by Crippen LogP contribution is 2.17. The molecule has 0 spiro atoms. The molecule has 18 nitrogen and oxygen atoms in total. The number of nitrogens with zero attached hydrogens (tertiary/aromatic N) is 8. The van der Waals surface area contributed by atoms with E-state index >= 15 is 0 Å². The van der Waals surface area contributed by atoms with Crippen molar-refractivity contribution in [1.82, 2.24) is 10.6 Å². The topological polar surface area (TPSA) is 273 Å². The predicted molar refractivity (Wildman–Crippen MR) is 166 cm³/mol. The van der Waals surface area contributed by atoms with Crippen LogP contribution in [0.25, 0.3) is 20.9 Å². The van der Waals surface area contributed by atoms with Crippen LogP contribution >= 0.6 is 0 Å². The second kappa shape index (κ2) is 27.0. The van der Waals surface area contributed by atoms with Crippen LogP contribution in [-0.2, 0) is 30.3 Å². The molecule has 0 bridgehead atoms. The second-order valence-corrected chi connectivity index (χ2v) is 8.80. The molecule has 0 radical (unpaired) electrons. The van der Waals surface area contributed by atoms with Gasteiger partial charge >= 0.3 is 6.09 Å². The first-order chi connectivity index (χ1) is 22.2. The van der Waals surface area contributed by atoms with Gasteiger partial charge in [0.25, 0.3) is 0 Å². The Morgan fingerprint density at radius 3 is 1.83 bits per heavy atom. The van der Waals surface area contributed by atoms with Crippen molar-refractivity contribution in [1.29, 1.82) is 0 Å². The van der Waals surface area contributed by atoms with Gasteiger partial charge in [0, 0.05) is 36.9 Å². The van der Waals surface area contributed by atoms with Crippen molar-refractivity contribution < 1.29 is 38.9 Å². The van der Waals surface area contributed by atoms with Gasteiger partial charge in [-0.2, -0.15) is 9.98 Å². The molecule has 0 aliphatic rings. The molecule has 2 rings (SSSR count). The lowest BCUT2D eigenvalue weighted by molar-refractivity contribution is -0.118. The van der Waals surface area contributed by atoms with E-state index in [0.717, 1.165) is 17.5 Å². The van der Waals surface area contributed by atoms with Crippen LogP contribution in [0.5, 0.6) is 0 Å². The van der Waals surface area contributed by atoms with Gasteiger partial charge in [0.15, 0.2) is 0 Å². The zero-order valence-electron chi connectivity index (χ0n) is 25.4. The number of isocyanates is 2. The Hall–Kier alpha value is -5.56. The zero-order valence-corrected chi connectivity index (χ0v) is 25.4. The Balaban J connectivity index is 0.000000716. The minimum absolute atomic E-state index is 0.00699. The average Bonchev–Trinajstić information content (AvgIpc) is 3.06. The molecule has 18 heteroatoms. The second-order valence-electron chi connectivity index (χ2n) is 8.80. The SMILES string of the molecule is COC(CN=[N+]=[N-])COC(=O)NCCCNC(C)=O.O=C=Nc1ccc(Cc2ccc(N=C=O)cc2)cc1.[N-]=[N+]=NCC(O)CO. The smallest absolute Gasteiger partial charge is 0.407 e. The van der Waals surface area contributed by atoms with E-state index in [4.69, 9.17) is 30.7 Å². The van der Waals surface area contributed by atoms with E-state index in [-0.39, 0.29) is 32.2 Å². The first-order valence-corrected chi connectivity index (χ1v) is 13.5.